The van der Waals surface area contributed by atoms with E-state index in [0.717, 1.165) is 19.1 Å². The van der Waals surface area contributed by atoms with Gasteiger partial charge in [-0.15, -0.1) is 0 Å². The summed E-state index contributed by atoms with van der Waals surface area (Å²) in [5, 5.41) is 3.52. The third-order valence-corrected chi connectivity index (χ3v) is 5.48. The smallest absolute Gasteiger partial charge is 0.255 e. The van der Waals surface area contributed by atoms with E-state index >= 15 is 0 Å². The van der Waals surface area contributed by atoms with Gasteiger partial charge in [-0.3, -0.25) is 4.79 Å². The predicted octanol–water partition coefficient (Wildman–Crippen LogP) is 1.06. The first kappa shape index (κ1) is 14.5. The van der Waals surface area contributed by atoms with Gasteiger partial charge in [-0.05, 0) is 31.4 Å². The van der Waals surface area contributed by atoms with Crippen molar-refractivity contribution in [2.24, 2.45) is 0 Å². The molecule has 1 N–H and O–H groups in total. The average molecular weight is 308 g/mol. The van der Waals surface area contributed by atoms with Crippen LogP contribution in [0.2, 0.25) is 0 Å². The summed E-state index contributed by atoms with van der Waals surface area (Å²) in [4.78, 5) is 14.6. The van der Waals surface area contributed by atoms with E-state index in [2.05, 4.69) is 5.32 Å². The molecule has 3 rings (SSSR count). The zero-order chi connectivity index (χ0) is 15.0. The van der Waals surface area contributed by atoms with Crippen LogP contribution >= 0.6 is 0 Å². The van der Waals surface area contributed by atoms with Gasteiger partial charge in [-0.2, -0.15) is 0 Å². The van der Waals surface area contributed by atoms with Gasteiger partial charge in [-0.1, -0.05) is 12.1 Å². The Balaban J connectivity index is 1.89. The first-order chi connectivity index (χ1) is 9.95. The van der Waals surface area contributed by atoms with Crippen molar-refractivity contribution < 1.29 is 13.2 Å². The molecule has 2 saturated heterocycles. The summed E-state index contributed by atoms with van der Waals surface area (Å²) >= 11 is 0. The first-order valence-corrected chi connectivity index (χ1v) is 9.18. The third-order valence-electron chi connectivity index (χ3n) is 4.33. The van der Waals surface area contributed by atoms with Crippen molar-refractivity contribution >= 4 is 15.7 Å². The highest BCUT2D eigenvalue weighted by Crippen LogP contribution is 2.23. The van der Waals surface area contributed by atoms with Gasteiger partial charge in [-0.25, -0.2) is 8.42 Å². The van der Waals surface area contributed by atoms with Crippen LogP contribution in [0.25, 0.3) is 0 Å². The minimum atomic E-state index is -3.40. The predicted molar refractivity (Wildman–Crippen MR) is 80.0 cm³/mol. The van der Waals surface area contributed by atoms with E-state index in [1.54, 1.807) is 23.1 Å². The highest BCUT2D eigenvalue weighted by Gasteiger charge is 2.32. The summed E-state index contributed by atoms with van der Waals surface area (Å²) in [5.41, 5.74) is 0.290. The van der Waals surface area contributed by atoms with Crippen molar-refractivity contribution in [1.82, 2.24) is 10.2 Å². The SMILES string of the molecule is CS(=O)(=O)c1ccccc1C(=O)N1CCC2CCC(C1)N2. The lowest BCUT2D eigenvalue weighted by Gasteiger charge is -2.25. The number of carbonyl (C=O) groups is 1. The minimum Gasteiger partial charge on any atom is -0.337 e. The van der Waals surface area contributed by atoms with Gasteiger partial charge < -0.3 is 10.2 Å². The fourth-order valence-corrected chi connectivity index (χ4v) is 4.15. The largest absolute Gasteiger partial charge is 0.337 e. The molecule has 114 valence electrons. The molecule has 0 spiro atoms. The average Bonchev–Trinajstić information content (AvgIpc) is 2.77. The van der Waals surface area contributed by atoms with Gasteiger partial charge in [0.2, 0.25) is 0 Å². The Morgan fingerprint density at radius 1 is 1.19 bits per heavy atom. The molecule has 0 saturated carbocycles. The molecular weight excluding hydrogens is 288 g/mol. The normalized spacial score (nSPS) is 25.7. The molecule has 1 aromatic carbocycles. The van der Waals surface area contributed by atoms with Gasteiger partial charge in [0.1, 0.15) is 0 Å². The van der Waals surface area contributed by atoms with Crippen LogP contribution in [-0.4, -0.2) is 50.7 Å². The lowest BCUT2D eigenvalue weighted by atomic mass is 10.1. The molecule has 0 aliphatic carbocycles. The van der Waals surface area contributed by atoms with Crippen molar-refractivity contribution in [2.75, 3.05) is 19.3 Å². The summed E-state index contributed by atoms with van der Waals surface area (Å²) in [5.74, 6) is -0.176. The Bertz CT molecular complexity index is 657. The Morgan fingerprint density at radius 3 is 2.67 bits per heavy atom. The third kappa shape index (κ3) is 2.96. The van der Waals surface area contributed by atoms with Crippen molar-refractivity contribution in [1.29, 1.82) is 0 Å². The molecule has 21 heavy (non-hydrogen) atoms. The monoisotopic (exact) mass is 308 g/mol. The first-order valence-electron chi connectivity index (χ1n) is 7.29. The minimum absolute atomic E-state index is 0.123. The number of likely N-dealkylation sites (tertiary alicyclic amines) is 1. The second kappa shape index (κ2) is 5.42. The van der Waals surface area contributed by atoms with E-state index < -0.39 is 9.84 Å². The topological polar surface area (TPSA) is 66.5 Å². The highest BCUT2D eigenvalue weighted by atomic mass is 32.2. The van der Waals surface area contributed by atoms with Gasteiger partial charge in [0.25, 0.3) is 5.91 Å². The fraction of sp³-hybridized carbons (Fsp3) is 0.533. The maximum absolute atomic E-state index is 12.7. The van der Waals surface area contributed by atoms with Crippen LogP contribution in [0.15, 0.2) is 29.2 Å². The molecule has 0 radical (unpaired) electrons. The molecule has 2 aliphatic heterocycles. The number of sulfone groups is 1. The zero-order valence-corrected chi connectivity index (χ0v) is 12.9. The molecule has 1 aromatic rings. The molecule has 2 heterocycles. The lowest BCUT2D eigenvalue weighted by molar-refractivity contribution is 0.0744. The van der Waals surface area contributed by atoms with Gasteiger partial charge in [0.15, 0.2) is 9.84 Å². The summed E-state index contributed by atoms with van der Waals surface area (Å²) < 4.78 is 23.7. The summed E-state index contributed by atoms with van der Waals surface area (Å²) in [6.07, 6.45) is 4.34. The second-order valence-corrected chi connectivity index (χ2v) is 7.93. The van der Waals surface area contributed by atoms with Crippen LogP contribution in [0.4, 0.5) is 0 Å². The summed E-state index contributed by atoms with van der Waals surface area (Å²) in [7, 11) is -3.40. The van der Waals surface area contributed by atoms with Gasteiger partial charge >= 0.3 is 0 Å². The van der Waals surface area contributed by atoms with Crippen LogP contribution in [0, 0.1) is 0 Å². The lowest BCUT2D eigenvalue weighted by Crippen LogP contribution is -2.39. The van der Waals surface area contributed by atoms with Gasteiger partial charge in [0, 0.05) is 31.4 Å². The molecule has 2 fully saturated rings. The summed E-state index contributed by atoms with van der Waals surface area (Å²) in [6, 6.07) is 7.31. The van der Waals surface area contributed by atoms with Crippen molar-refractivity contribution in [3.05, 3.63) is 29.8 Å². The Labute approximate surface area is 125 Å². The van der Waals surface area contributed by atoms with E-state index in [9.17, 15) is 13.2 Å². The number of hydrogen-bond donors (Lipinski definition) is 1. The standard InChI is InChI=1S/C15H20N2O3S/c1-21(19,20)14-5-3-2-4-13(14)15(18)17-9-8-11-6-7-12(10-17)16-11/h2-5,11-12,16H,6-10H2,1H3. The molecule has 1 amide bonds. The number of hydrogen-bond acceptors (Lipinski definition) is 4. The van der Waals surface area contributed by atoms with Crippen LogP contribution in [0.3, 0.4) is 0 Å². The summed E-state index contributed by atoms with van der Waals surface area (Å²) in [6.45, 7) is 1.35. The molecule has 0 aromatic heterocycles. The van der Waals surface area contributed by atoms with Gasteiger partial charge in [0.05, 0.1) is 10.5 Å². The number of rotatable bonds is 2. The van der Waals surface area contributed by atoms with Crippen molar-refractivity contribution in [2.45, 2.75) is 36.2 Å². The number of benzene rings is 1. The fourth-order valence-electron chi connectivity index (χ4n) is 3.26. The van der Waals surface area contributed by atoms with E-state index in [1.165, 1.54) is 12.5 Å². The second-order valence-electron chi connectivity index (χ2n) is 5.95. The van der Waals surface area contributed by atoms with E-state index in [1.807, 2.05) is 0 Å². The Hall–Kier alpha value is -1.40. The van der Waals surface area contributed by atoms with Crippen molar-refractivity contribution in [3.63, 3.8) is 0 Å². The van der Waals surface area contributed by atoms with Crippen molar-refractivity contribution in [3.8, 4) is 0 Å². The number of nitrogens with zero attached hydrogens (tertiary/aromatic N) is 1. The molecule has 5 nitrogen and oxygen atoms in total. The van der Waals surface area contributed by atoms with Crippen LogP contribution < -0.4 is 5.32 Å². The zero-order valence-electron chi connectivity index (χ0n) is 12.1. The number of amides is 1. The number of carbonyl (C=O) groups excluding carboxylic acids is 1. The highest BCUT2D eigenvalue weighted by molar-refractivity contribution is 7.90. The van der Waals surface area contributed by atoms with Crippen LogP contribution in [-0.2, 0) is 9.84 Å². The Morgan fingerprint density at radius 2 is 1.90 bits per heavy atom. The molecular formula is C15H20N2O3S. The van der Waals surface area contributed by atoms with E-state index in [0.29, 0.717) is 25.2 Å². The van der Waals surface area contributed by atoms with Crippen LogP contribution in [0.5, 0.6) is 0 Å². The molecule has 6 heteroatoms. The molecule has 2 aliphatic rings. The number of nitrogens with one attached hydrogen (secondary N) is 1. The quantitative estimate of drug-likeness (QED) is 0.887. The van der Waals surface area contributed by atoms with E-state index in [4.69, 9.17) is 0 Å². The molecule has 2 atom stereocenters. The molecule has 2 unspecified atom stereocenters. The molecule has 2 bridgehead atoms. The number of fused-ring (bicyclic) bond motifs is 2. The maximum Gasteiger partial charge on any atom is 0.255 e. The van der Waals surface area contributed by atoms with E-state index in [-0.39, 0.29) is 16.4 Å². The maximum atomic E-state index is 12.7. The Kier molecular flexibility index (Phi) is 3.75. The van der Waals surface area contributed by atoms with Crippen LogP contribution in [0.1, 0.15) is 29.6 Å².